The molecule has 0 atom stereocenters. The maximum Gasteiger partial charge on any atom is 0.337 e. The Balaban J connectivity index is 2.20. The summed E-state index contributed by atoms with van der Waals surface area (Å²) in [6.45, 7) is 0. The second-order valence-electron chi connectivity index (χ2n) is 5.55. The Hall–Kier alpha value is -2.74. The molecule has 0 fully saturated rings. The van der Waals surface area contributed by atoms with Crippen molar-refractivity contribution in [3.63, 3.8) is 0 Å². The van der Waals surface area contributed by atoms with E-state index in [0.29, 0.717) is 11.5 Å². The fourth-order valence-corrected chi connectivity index (χ4v) is 3.73. The van der Waals surface area contributed by atoms with E-state index in [0.717, 1.165) is 9.87 Å². The topological polar surface area (TPSA) is 93.1 Å². The van der Waals surface area contributed by atoms with E-state index in [-0.39, 0.29) is 23.4 Å². The molecule has 2 aromatic carbocycles. The lowest BCUT2D eigenvalue weighted by Gasteiger charge is -2.21. The van der Waals surface area contributed by atoms with Gasteiger partial charge in [-0.15, -0.1) is 0 Å². The van der Waals surface area contributed by atoms with Crippen LogP contribution in [0, 0.1) is 0 Å². The Morgan fingerprint density at radius 3 is 2.35 bits per heavy atom. The van der Waals surface area contributed by atoms with Crippen LogP contribution in [0.3, 0.4) is 0 Å². The number of hydrogen-bond acceptors (Lipinski definition) is 5. The van der Waals surface area contributed by atoms with Gasteiger partial charge in [0, 0.05) is 7.05 Å². The molecule has 0 aliphatic heterocycles. The maximum absolute atomic E-state index is 12.6. The van der Waals surface area contributed by atoms with E-state index in [4.69, 9.17) is 9.47 Å². The minimum atomic E-state index is -3.70. The number of para-hydroxylation sites is 1. The zero-order chi connectivity index (χ0) is 19.3. The number of aromatic carboxylic acids is 1. The van der Waals surface area contributed by atoms with E-state index in [2.05, 4.69) is 0 Å². The molecular weight excluding hydrogens is 358 g/mol. The molecule has 8 heteroatoms. The molecular formula is C18H21NO6S. The summed E-state index contributed by atoms with van der Waals surface area (Å²) in [5.41, 5.74) is 0.836. The average Bonchev–Trinajstić information content (AvgIpc) is 2.65. The van der Waals surface area contributed by atoms with Gasteiger partial charge in [0.25, 0.3) is 0 Å². The van der Waals surface area contributed by atoms with Crippen molar-refractivity contribution in [3.8, 4) is 11.5 Å². The minimum Gasteiger partial charge on any atom is -0.493 e. The summed E-state index contributed by atoms with van der Waals surface area (Å²) in [5, 5.41) is 9.25. The summed E-state index contributed by atoms with van der Waals surface area (Å²) >= 11 is 0. The summed E-state index contributed by atoms with van der Waals surface area (Å²) < 4.78 is 36.7. The molecule has 0 unspecified atom stereocenters. The van der Waals surface area contributed by atoms with Crippen molar-refractivity contribution in [3.05, 3.63) is 53.6 Å². The van der Waals surface area contributed by atoms with E-state index in [1.165, 1.54) is 33.4 Å². The molecule has 0 saturated heterocycles. The van der Waals surface area contributed by atoms with Gasteiger partial charge in [0.2, 0.25) is 10.0 Å². The van der Waals surface area contributed by atoms with Crippen LogP contribution in [0.15, 0.2) is 42.5 Å². The smallest absolute Gasteiger partial charge is 0.337 e. The first-order chi connectivity index (χ1) is 12.3. The highest BCUT2D eigenvalue weighted by atomic mass is 32.2. The van der Waals surface area contributed by atoms with Gasteiger partial charge in [-0.05, 0) is 36.2 Å². The first-order valence-electron chi connectivity index (χ1n) is 7.80. The van der Waals surface area contributed by atoms with Crippen LogP contribution >= 0.6 is 0 Å². The summed E-state index contributed by atoms with van der Waals surface area (Å²) in [4.78, 5) is 11.3. The quantitative estimate of drug-likeness (QED) is 0.757. The highest BCUT2D eigenvalue weighted by molar-refractivity contribution is 7.92. The third-order valence-corrected chi connectivity index (χ3v) is 5.74. The van der Waals surface area contributed by atoms with Crippen molar-refractivity contribution in [2.24, 2.45) is 0 Å². The molecule has 0 amide bonds. The highest BCUT2D eigenvalue weighted by Crippen LogP contribution is 2.28. The van der Waals surface area contributed by atoms with Crippen LogP contribution in [-0.4, -0.2) is 46.5 Å². The number of hydrogen-bond donors (Lipinski definition) is 1. The lowest BCUT2D eigenvalue weighted by Crippen LogP contribution is -2.31. The number of ether oxygens (including phenoxy) is 2. The third kappa shape index (κ3) is 4.26. The predicted octanol–water partition coefficient (Wildman–Crippen LogP) is 2.41. The lowest BCUT2D eigenvalue weighted by atomic mass is 10.1. The fraction of sp³-hybridized carbons (Fsp3) is 0.278. The molecule has 2 rings (SSSR count). The number of carboxylic acid groups (broad SMARTS) is 1. The molecule has 7 nitrogen and oxygen atoms in total. The van der Waals surface area contributed by atoms with Crippen molar-refractivity contribution in [1.29, 1.82) is 0 Å². The van der Waals surface area contributed by atoms with Crippen molar-refractivity contribution < 1.29 is 27.8 Å². The van der Waals surface area contributed by atoms with E-state index < -0.39 is 16.0 Å². The summed E-state index contributed by atoms with van der Waals surface area (Å²) in [7, 11) is 0.682. The number of carboxylic acids is 1. The summed E-state index contributed by atoms with van der Waals surface area (Å²) in [6.07, 6.45) is 0.252. The van der Waals surface area contributed by atoms with Crippen molar-refractivity contribution in [2.45, 2.75) is 6.42 Å². The lowest BCUT2D eigenvalue weighted by molar-refractivity contribution is 0.0698. The van der Waals surface area contributed by atoms with Crippen LogP contribution in [0.4, 0.5) is 5.69 Å². The van der Waals surface area contributed by atoms with Gasteiger partial charge >= 0.3 is 5.97 Å². The summed E-state index contributed by atoms with van der Waals surface area (Å²) in [5.74, 6) is -0.270. The Kier molecular flexibility index (Phi) is 6.10. The molecule has 0 aliphatic carbocycles. The van der Waals surface area contributed by atoms with Gasteiger partial charge in [0.05, 0.1) is 31.2 Å². The minimum absolute atomic E-state index is 0.0651. The first kappa shape index (κ1) is 19.6. The van der Waals surface area contributed by atoms with Gasteiger partial charge in [-0.2, -0.15) is 0 Å². The molecule has 0 radical (unpaired) electrons. The zero-order valence-electron chi connectivity index (χ0n) is 14.8. The maximum atomic E-state index is 12.6. The SMILES string of the molecule is COc1ccc(CCS(=O)(=O)N(C)c2ccccc2C(=O)O)cc1OC. The molecule has 140 valence electrons. The second-order valence-corrected chi connectivity index (χ2v) is 7.66. The molecule has 2 aromatic rings. The fourth-order valence-electron chi connectivity index (χ4n) is 2.50. The number of aryl methyl sites for hydroxylation is 1. The van der Waals surface area contributed by atoms with Crippen LogP contribution in [0.5, 0.6) is 11.5 Å². The van der Waals surface area contributed by atoms with Gasteiger partial charge in [0.1, 0.15) is 0 Å². The molecule has 0 saturated carbocycles. The number of rotatable bonds is 8. The van der Waals surface area contributed by atoms with E-state index in [1.54, 1.807) is 30.3 Å². The molecule has 1 N–H and O–H groups in total. The standard InChI is InChI=1S/C18H21NO6S/c1-19(15-7-5-4-6-14(15)18(20)21)26(22,23)11-10-13-8-9-16(24-2)17(12-13)25-3/h4-9,12H,10-11H2,1-3H3,(H,20,21). The Bertz CT molecular complexity index is 894. The van der Waals surface area contributed by atoms with Crippen LogP contribution in [0.25, 0.3) is 0 Å². The first-order valence-corrected chi connectivity index (χ1v) is 9.41. The monoisotopic (exact) mass is 379 g/mol. The van der Waals surface area contributed by atoms with Gasteiger partial charge < -0.3 is 14.6 Å². The number of methoxy groups -OCH3 is 2. The zero-order valence-corrected chi connectivity index (χ0v) is 15.6. The number of anilines is 1. The average molecular weight is 379 g/mol. The van der Waals surface area contributed by atoms with Crippen LogP contribution in [0.1, 0.15) is 15.9 Å². The van der Waals surface area contributed by atoms with Crippen LogP contribution < -0.4 is 13.8 Å². The van der Waals surface area contributed by atoms with Gasteiger partial charge in [0.15, 0.2) is 11.5 Å². The number of nitrogens with zero attached hydrogens (tertiary/aromatic N) is 1. The molecule has 0 spiro atoms. The van der Waals surface area contributed by atoms with Crippen molar-refractivity contribution in [1.82, 2.24) is 0 Å². The van der Waals surface area contributed by atoms with E-state index in [1.807, 2.05) is 0 Å². The normalized spacial score (nSPS) is 11.0. The Morgan fingerprint density at radius 1 is 1.08 bits per heavy atom. The van der Waals surface area contributed by atoms with E-state index in [9.17, 15) is 18.3 Å². The second kappa shape index (κ2) is 8.09. The molecule has 26 heavy (non-hydrogen) atoms. The van der Waals surface area contributed by atoms with Crippen LogP contribution in [-0.2, 0) is 16.4 Å². The third-order valence-electron chi connectivity index (χ3n) is 3.99. The largest absolute Gasteiger partial charge is 0.493 e. The van der Waals surface area contributed by atoms with Crippen molar-refractivity contribution in [2.75, 3.05) is 31.3 Å². The van der Waals surface area contributed by atoms with E-state index >= 15 is 0 Å². The van der Waals surface area contributed by atoms with Gasteiger partial charge in [-0.25, -0.2) is 13.2 Å². The predicted molar refractivity (Wildman–Crippen MR) is 98.8 cm³/mol. The molecule has 0 aromatic heterocycles. The molecule has 0 bridgehead atoms. The molecule has 0 heterocycles. The number of carbonyl (C=O) groups is 1. The molecule has 0 aliphatic rings. The number of sulfonamides is 1. The van der Waals surface area contributed by atoms with Crippen molar-refractivity contribution >= 4 is 21.7 Å². The Labute approximate surface area is 152 Å². The van der Waals surface area contributed by atoms with Gasteiger partial charge in [-0.3, -0.25) is 4.31 Å². The Morgan fingerprint density at radius 2 is 1.73 bits per heavy atom. The van der Waals surface area contributed by atoms with Gasteiger partial charge in [-0.1, -0.05) is 18.2 Å². The summed E-state index contributed by atoms with van der Waals surface area (Å²) in [6, 6.07) is 11.2. The number of benzene rings is 2. The van der Waals surface area contributed by atoms with Crippen LogP contribution in [0.2, 0.25) is 0 Å². The highest BCUT2D eigenvalue weighted by Gasteiger charge is 2.23.